The highest BCUT2D eigenvalue weighted by molar-refractivity contribution is 5.53. The highest BCUT2D eigenvalue weighted by Crippen LogP contribution is 2.28. The average molecular weight is 345 g/mol. The third kappa shape index (κ3) is 4.42. The van der Waals surface area contributed by atoms with Crippen molar-refractivity contribution in [3.8, 4) is 0 Å². The van der Waals surface area contributed by atoms with E-state index in [1.54, 1.807) is 0 Å². The molecule has 1 atom stereocenters. The van der Waals surface area contributed by atoms with Gasteiger partial charge in [-0.25, -0.2) is 4.98 Å². The summed E-state index contributed by atoms with van der Waals surface area (Å²) >= 11 is 0. The molecule has 1 saturated carbocycles. The number of rotatable bonds is 7. The predicted molar refractivity (Wildman–Crippen MR) is 100 cm³/mol. The first kappa shape index (κ1) is 17.0. The van der Waals surface area contributed by atoms with E-state index in [4.69, 9.17) is 14.7 Å². The Morgan fingerprint density at radius 1 is 1.20 bits per heavy atom. The van der Waals surface area contributed by atoms with Crippen LogP contribution in [0.25, 0.3) is 0 Å². The molecule has 3 aliphatic rings. The Morgan fingerprint density at radius 2 is 2.08 bits per heavy atom. The first-order chi connectivity index (χ1) is 12.3. The zero-order valence-electron chi connectivity index (χ0n) is 15.4. The fraction of sp³-hybridized carbons (Fsp3) is 0.789. The third-order valence-corrected chi connectivity index (χ3v) is 5.48. The Morgan fingerprint density at radius 3 is 2.88 bits per heavy atom. The summed E-state index contributed by atoms with van der Waals surface area (Å²) in [4.78, 5) is 12.1. The summed E-state index contributed by atoms with van der Waals surface area (Å²) in [5.74, 6) is 1.95. The summed E-state index contributed by atoms with van der Waals surface area (Å²) in [5.41, 5.74) is 2.56. The van der Waals surface area contributed by atoms with Gasteiger partial charge in [-0.15, -0.1) is 0 Å². The molecule has 2 aliphatic heterocycles. The van der Waals surface area contributed by atoms with Crippen molar-refractivity contribution in [3.63, 3.8) is 0 Å². The predicted octanol–water partition coefficient (Wildman–Crippen LogP) is 2.13. The Balaban J connectivity index is 1.46. The summed E-state index contributed by atoms with van der Waals surface area (Å²) in [6.45, 7) is 4.00. The molecule has 0 bridgehead atoms. The maximum atomic E-state index is 5.75. The van der Waals surface area contributed by atoms with Gasteiger partial charge in [-0.3, -0.25) is 0 Å². The summed E-state index contributed by atoms with van der Waals surface area (Å²) in [7, 11) is 2.18. The number of aromatic nitrogens is 2. The van der Waals surface area contributed by atoms with E-state index < -0.39 is 0 Å². The first-order valence-corrected chi connectivity index (χ1v) is 9.99. The molecule has 25 heavy (non-hydrogen) atoms. The zero-order valence-corrected chi connectivity index (χ0v) is 15.4. The normalized spacial score (nSPS) is 23.2. The lowest BCUT2D eigenvalue weighted by Gasteiger charge is -2.23. The molecule has 0 spiro atoms. The lowest BCUT2D eigenvalue weighted by atomic mass is 10.1. The molecule has 0 amide bonds. The second-order valence-corrected chi connectivity index (χ2v) is 7.66. The van der Waals surface area contributed by atoms with Crippen molar-refractivity contribution in [1.82, 2.24) is 15.3 Å². The highest BCUT2D eigenvalue weighted by Gasteiger charge is 2.25. The van der Waals surface area contributed by atoms with E-state index in [0.717, 1.165) is 63.7 Å². The molecular formula is C19H31N5O. The van der Waals surface area contributed by atoms with Gasteiger partial charge < -0.3 is 20.3 Å². The summed E-state index contributed by atoms with van der Waals surface area (Å²) in [6, 6.07) is 0.583. The molecule has 1 aromatic heterocycles. The van der Waals surface area contributed by atoms with Gasteiger partial charge in [0.25, 0.3) is 0 Å². The second-order valence-electron chi connectivity index (χ2n) is 7.66. The van der Waals surface area contributed by atoms with Gasteiger partial charge in [-0.1, -0.05) is 0 Å². The van der Waals surface area contributed by atoms with Gasteiger partial charge in [0.05, 0.1) is 11.8 Å². The average Bonchev–Trinajstić information content (AvgIpc) is 3.33. The molecule has 6 heteroatoms. The van der Waals surface area contributed by atoms with Crippen molar-refractivity contribution in [2.45, 2.75) is 63.5 Å². The molecule has 1 unspecified atom stereocenters. The molecule has 1 aliphatic carbocycles. The van der Waals surface area contributed by atoms with Gasteiger partial charge in [0.1, 0.15) is 5.82 Å². The maximum Gasteiger partial charge on any atom is 0.225 e. The van der Waals surface area contributed by atoms with Crippen LogP contribution < -0.4 is 15.5 Å². The number of hydrogen-bond acceptors (Lipinski definition) is 6. The Hall–Kier alpha value is -1.40. The molecule has 2 fully saturated rings. The number of fused-ring (bicyclic) bond motifs is 1. The van der Waals surface area contributed by atoms with E-state index >= 15 is 0 Å². The molecule has 0 radical (unpaired) electrons. The van der Waals surface area contributed by atoms with Gasteiger partial charge in [0.2, 0.25) is 5.95 Å². The minimum atomic E-state index is 0.479. The van der Waals surface area contributed by atoms with Gasteiger partial charge in [-0.2, -0.15) is 4.98 Å². The fourth-order valence-electron chi connectivity index (χ4n) is 3.85. The lowest BCUT2D eigenvalue weighted by Crippen LogP contribution is -2.24. The number of anilines is 2. The number of ether oxygens (including phenoxy) is 1. The van der Waals surface area contributed by atoms with Gasteiger partial charge in [0.15, 0.2) is 0 Å². The summed E-state index contributed by atoms with van der Waals surface area (Å²) in [6.07, 6.45) is 9.75. The monoisotopic (exact) mass is 345 g/mol. The summed E-state index contributed by atoms with van der Waals surface area (Å²) in [5, 5.41) is 6.98. The molecule has 138 valence electrons. The van der Waals surface area contributed by atoms with Crippen LogP contribution >= 0.6 is 0 Å². The molecule has 1 aromatic rings. The molecule has 1 saturated heterocycles. The molecule has 2 N–H and O–H groups in total. The van der Waals surface area contributed by atoms with E-state index in [-0.39, 0.29) is 0 Å². The molecule has 0 aromatic carbocycles. The third-order valence-electron chi connectivity index (χ3n) is 5.48. The van der Waals surface area contributed by atoms with Crippen LogP contribution in [-0.2, 0) is 17.6 Å². The number of nitrogens with zero attached hydrogens (tertiary/aromatic N) is 3. The van der Waals surface area contributed by atoms with Crippen molar-refractivity contribution in [1.29, 1.82) is 0 Å². The van der Waals surface area contributed by atoms with Gasteiger partial charge >= 0.3 is 0 Å². The molecule has 6 nitrogen and oxygen atoms in total. The van der Waals surface area contributed by atoms with Crippen molar-refractivity contribution < 1.29 is 4.74 Å². The van der Waals surface area contributed by atoms with E-state index in [0.29, 0.717) is 12.1 Å². The Labute approximate surface area is 150 Å². The minimum Gasteiger partial charge on any atom is -0.378 e. The van der Waals surface area contributed by atoms with Crippen LogP contribution in [0, 0.1) is 0 Å². The minimum absolute atomic E-state index is 0.479. The Bertz CT molecular complexity index is 583. The van der Waals surface area contributed by atoms with Crippen LogP contribution in [0.15, 0.2) is 0 Å². The number of nitrogens with one attached hydrogen (secondary N) is 2. The largest absolute Gasteiger partial charge is 0.378 e. The van der Waals surface area contributed by atoms with E-state index in [9.17, 15) is 0 Å². The number of hydrogen-bond donors (Lipinski definition) is 2. The topological polar surface area (TPSA) is 62.3 Å². The standard InChI is InChI=1S/C19H31N5O/c1-24(12-2-4-15-5-3-13-25-15)18-16-8-10-20-11-9-17(16)22-19(23-18)21-14-6-7-14/h14-15,20H,2-13H2,1H3,(H,21,22,23). The second kappa shape index (κ2) is 7.87. The molecular weight excluding hydrogens is 314 g/mol. The quantitative estimate of drug-likeness (QED) is 0.789. The van der Waals surface area contributed by atoms with Crippen molar-refractivity contribution in [3.05, 3.63) is 11.3 Å². The Kier molecular flexibility index (Phi) is 5.36. The van der Waals surface area contributed by atoms with Crippen LogP contribution in [0.1, 0.15) is 49.8 Å². The van der Waals surface area contributed by atoms with Crippen molar-refractivity contribution in [2.75, 3.05) is 43.5 Å². The fourth-order valence-corrected chi connectivity index (χ4v) is 3.85. The van der Waals surface area contributed by atoms with Crippen LogP contribution in [0.5, 0.6) is 0 Å². The lowest BCUT2D eigenvalue weighted by molar-refractivity contribution is 0.103. The van der Waals surface area contributed by atoms with Gasteiger partial charge in [-0.05, 0) is 51.5 Å². The SMILES string of the molecule is CN(CCCC1CCCO1)c1nc(NC2CC2)nc2c1CCNCC2. The van der Waals surface area contributed by atoms with Crippen LogP contribution in [-0.4, -0.2) is 55.4 Å². The van der Waals surface area contributed by atoms with E-state index in [2.05, 4.69) is 22.6 Å². The highest BCUT2D eigenvalue weighted by atomic mass is 16.5. The summed E-state index contributed by atoms with van der Waals surface area (Å²) < 4.78 is 5.75. The maximum absolute atomic E-state index is 5.75. The van der Waals surface area contributed by atoms with Gasteiger partial charge in [0, 0.05) is 44.8 Å². The van der Waals surface area contributed by atoms with Crippen LogP contribution in [0.4, 0.5) is 11.8 Å². The molecule has 4 rings (SSSR count). The van der Waals surface area contributed by atoms with Crippen LogP contribution in [0.3, 0.4) is 0 Å². The molecule has 3 heterocycles. The van der Waals surface area contributed by atoms with Crippen molar-refractivity contribution in [2.24, 2.45) is 0 Å². The van der Waals surface area contributed by atoms with E-state index in [1.807, 2.05) is 0 Å². The van der Waals surface area contributed by atoms with Crippen LogP contribution in [0.2, 0.25) is 0 Å². The van der Waals surface area contributed by atoms with E-state index in [1.165, 1.54) is 36.9 Å². The zero-order chi connectivity index (χ0) is 17.1. The van der Waals surface area contributed by atoms with Crippen molar-refractivity contribution >= 4 is 11.8 Å². The smallest absolute Gasteiger partial charge is 0.225 e. The first-order valence-electron chi connectivity index (χ1n) is 9.99.